The average Bonchev–Trinajstić information content (AvgIpc) is 2.92. The first-order chi connectivity index (χ1) is 18.1. The number of benzene rings is 3. The van der Waals surface area contributed by atoms with Crippen LogP contribution in [0.4, 0.5) is 15.8 Å². The van der Waals surface area contributed by atoms with Crippen LogP contribution in [0.15, 0.2) is 66.7 Å². The molecule has 0 radical (unpaired) electrons. The zero-order valence-corrected chi connectivity index (χ0v) is 21.5. The molecule has 1 saturated carbocycles. The van der Waals surface area contributed by atoms with E-state index in [-0.39, 0.29) is 12.3 Å². The molecule has 1 fully saturated rings. The molecule has 1 atom stereocenters. The van der Waals surface area contributed by atoms with Crippen molar-refractivity contribution in [3.8, 4) is 11.5 Å². The van der Waals surface area contributed by atoms with Crippen molar-refractivity contribution >= 4 is 17.2 Å². The van der Waals surface area contributed by atoms with Gasteiger partial charge in [-0.15, -0.1) is 0 Å². The zero-order valence-electron chi connectivity index (χ0n) is 21.5. The van der Waals surface area contributed by atoms with Crippen LogP contribution in [-0.2, 0) is 6.54 Å². The van der Waals surface area contributed by atoms with E-state index in [1.165, 1.54) is 44.2 Å². The lowest BCUT2D eigenvalue weighted by atomic mass is 9.75. The number of carbonyl (C=O) groups excluding carboxylic acids is 1. The number of anilines is 2. The molecular formula is C31H36FN2O3-. The van der Waals surface area contributed by atoms with Gasteiger partial charge in [0.25, 0.3) is 0 Å². The number of nitrogens with one attached hydrogen (secondary N) is 2. The van der Waals surface area contributed by atoms with Gasteiger partial charge in [-0.2, -0.15) is 0 Å². The maximum atomic E-state index is 14.5. The van der Waals surface area contributed by atoms with Gasteiger partial charge in [-0.05, 0) is 59.9 Å². The number of rotatable bonds is 12. The summed E-state index contributed by atoms with van der Waals surface area (Å²) in [4.78, 5) is 13.2. The van der Waals surface area contributed by atoms with Gasteiger partial charge in [0.2, 0.25) is 0 Å². The minimum atomic E-state index is -0.435. The van der Waals surface area contributed by atoms with Crippen LogP contribution >= 0.6 is 0 Å². The maximum absolute atomic E-state index is 14.5. The molecule has 4 rings (SSSR count). The van der Waals surface area contributed by atoms with Crippen LogP contribution < -0.4 is 15.5 Å². The highest BCUT2D eigenvalue weighted by Crippen LogP contribution is 2.35. The Morgan fingerprint density at radius 2 is 1.78 bits per heavy atom. The molecule has 3 aromatic carbocycles. The highest BCUT2D eigenvalue weighted by atomic mass is 19.1. The van der Waals surface area contributed by atoms with Gasteiger partial charge in [0.05, 0.1) is 5.69 Å². The van der Waals surface area contributed by atoms with Gasteiger partial charge in [-0.3, -0.25) is 4.79 Å². The van der Waals surface area contributed by atoms with Gasteiger partial charge < -0.3 is 20.7 Å². The smallest absolute Gasteiger partial charge is 0.163 e. The van der Waals surface area contributed by atoms with E-state index in [1.807, 2.05) is 35.8 Å². The molecule has 6 heteroatoms. The van der Waals surface area contributed by atoms with E-state index in [0.29, 0.717) is 52.3 Å². The third-order valence-corrected chi connectivity index (χ3v) is 7.27. The first kappa shape index (κ1) is 26.7. The number of hydrogen-bond acceptors (Lipinski definition) is 5. The molecule has 0 heterocycles. The van der Waals surface area contributed by atoms with Crippen LogP contribution in [0.3, 0.4) is 0 Å². The van der Waals surface area contributed by atoms with E-state index < -0.39 is 5.82 Å². The standard InChI is InChI=1S/C31H36FN2O3/c1-2-9-24(23-10-5-3-6-11-23)19-31(35)25-16-22(17-26(32)18-25)21-33-30-20-28(14-15-29(30)34-36)37-27-12-7-4-8-13-27/h4,7-8,12-18,20,23-24,33-34H,2-3,5-6,9-11,19,21H2,1H3/q-1. The van der Waals surface area contributed by atoms with Crippen molar-refractivity contribution in [2.45, 2.75) is 64.8 Å². The van der Waals surface area contributed by atoms with E-state index in [9.17, 15) is 14.4 Å². The fourth-order valence-corrected chi connectivity index (χ4v) is 5.39. The van der Waals surface area contributed by atoms with Crippen molar-refractivity contribution in [2.24, 2.45) is 11.8 Å². The normalized spacial score (nSPS) is 14.7. The second kappa shape index (κ2) is 13.2. The van der Waals surface area contributed by atoms with Crippen molar-refractivity contribution in [1.82, 2.24) is 0 Å². The topological polar surface area (TPSA) is 73.4 Å². The number of Topliss-reactive ketones (excluding diaryl/α,β-unsaturated/α-hetero) is 1. The number of ether oxygens (including phenoxy) is 1. The van der Waals surface area contributed by atoms with Crippen molar-refractivity contribution in [1.29, 1.82) is 0 Å². The largest absolute Gasteiger partial charge is 0.761 e. The van der Waals surface area contributed by atoms with E-state index in [0.717, 1.165) is 12.8 Å². The summed E-state index contributed by atoms with van der Waals surface area (Å²) in [6, 6.07) is 18.9. The zero-order chi connectivity index (χ0) is 26.0. The van der Waals surface area contributed by atoms with Crippen LogP contribution in [-0.4, -0.2) is 5.78 Å². The lowest BCUT2D eigenvalue weighted by Crippen LogP contribution is -2.21. The quantitative estimate of drug-likeness (QED) is 0.191. The van der Waals surface area contributed by atoms with Gasteiger partial charge in [0, 0.05) is 30.3 Å². The molecule has 0 saturated heterocycles. The summed E-state index contributed by atoms with van der Waals surface area (Å²) in [6.07, 6.45) is 8.72. The Kier molecular flexibility index (Phi) is 9.55. The van der Waals surface area contributed by atoms with Gasteiger partial charge in [-0.1, -0.05) is 70.1 Å². The van der Waals surface area contributed by atoms with Crippen molar-refractivity contribution in [2.75, 3.05) is 10.8 Å². The number of carbonyl (C=O) groups is 1. The molecule has 0 amide bonds. The number of hydrogen-bond donors (Lipinski definition) is 2. The SMILES string of the molecule is CCCC(CC(=O)c1cc(F)cc(CNc2cc(Oc3ccccc3)ccc2N[O-])c1)C1CCCCC1. The number of para-hydroxylation sites is 1. The monoisotopic (exact) mass is 503 g/mol. The predicted molar refractivity (Wildman–Crippen MR) is 148 cm³/mol. The van der Waals surface area contributed by atoms with Crippen LogP contribution in [0.25, 0.3) is 0 Å². The molecule has 5 nitrogen and oxygen atoms in total. The number of halogens is 1. The predicted octanol–water partition coefficient (Wildman–Crippen LogP) is 8.71. The van der Waals surface area contributed by atoms with E-state index in [2.05, 4.69) is 12.2 Å². The van der Waals surface area contributed by atoms with E-state index in [1.54, 1.807) is 24.3 Å². The summed E-state index contributed by atoms with van der Waals surface area (Å²) in [5, 5.41) is 14.7. The lowest BCUT2D eigenvalue weighted by molar-refractivity contribution is 0.0925. The molecular weight excluding hydrogens is 467 g/mol. The molecule has 0 aromatic heterocycles. The Bertz CT molecular complexity index is 1160. The summed E-state index contributed by atoms with van der Waals surface area (Å²) in [5.74, 6) is 1.77. The highest BCUT2D eigenvalue weighted by molar-refractivity contribution is 5.96. The molecule has 2 N–H and O–H groups in total. The third kappa shape index (κ3) is 7.56. The highest BCUT2D eigenvalue weighted by Gasteiger charge is 2.25. The molecule has 0 spiro atoms. The average molecular weight is 504 g/mol. The van der Waals surface area contributed by atoms with Gasteiger partial charge in [-0.25, -0.2) is 4.39 Å². The molecule has 0 aliphatic heterocycles. The molecule has 3 aromatic rings. The third-order valence-electron chi connectivity index (χ3n) is 7.27. The van der Waals surface area contributed by atoms with Gasteiger partial charge in [0.1, 0.15) is 17.3 Å². The van der Waals surface area contributed by atoms with E-state index in [4.69, 9.17) is 4.74 Å². The van der Waals surface area contributed by atoms with Crippen LogP contribution in [0.1, 0.15) is 74.2 Å². The Morgan fingerprint density at radius 3 is 2.51 bits per heavy atom. The molecule has 1 unspecified atom stereocenters. The van der Waals surface area contributed by atoms with Crippen molar-refractivity contribution < 1.29 is 13.9 Å². The summed E-state index contributed by atoms with van der Waals surface area (Å²) < 4.78 is 20.4. The Labute approximate surface area is 219 Å². The van der Waals surface area contributed by atoms with Gasteiger partial charge >= 0.3 is 0 Å². The first-order valence-corrected chi connectivity index (χ1v) is 13.4. The fourth-order valence-electron chi connectivity index (χ4n) is 5.39. The van der Waals surface area contributed by atoms with Crippen molar-refractivity contribution in [3.63, 3.8) is 0 Å². The molecule has 196 valence electrons. The summed E-state index contributed by atoms with van der Waals surface area (Å²) in [6.45, 7) is 2.42. The minimum Gasteiger partial charge on any atom is -0.761 e. The Morgan fingerprint density at radius 1 is 1.00 bits per heavy atom. The molecule has 0 bridgehead atoms. The summed E-state index contributed by atoms with van der Waals surface area (Å²) >= 11 is 0. The second-order valence-corrected chi connectivity index (χ2v) is 10.0. The van der Waals surface area contributed by atoms with E-state index >= 15 is 0 Å². The molecule has 37 heavy (non-hydrogen) atoms. The molecule has 1 aliphatic carbocycles. The van der Waals surface area contributed by atoms with Crippen LogP contribution in [0.2, 0.25) is 0 Å². The number of ketones is 1. The summed E-state index contributed by atoms with van der Waals surface area (Å²) in [7, 11) is 0. The maximum Gasteiger partial charge on any atom is 0.163 e. The minimum absolute atomic E-state index is 0.00458. The van der Waals surface area contributed by atoms with Crippen LogP contribution in [0, 0.1) is 22.9 Å². The fraction of sp³-hybridized carbons (Fsp3) is 0.387. The Hall–Kier alpha value is -3.38. The van der Waals surface area contributed by atoms with Crippen molar-refractivity contribution in [3.05, 3.63) is 88.9 Å². The Balaban J connectivity index is 1.45. The van der Waals surface area contributed by atoms with Crippen LogP contribution in [0.5, 0.6) is 11.5 Å². The summed E-state index contributed by atoms with van der Waals surface area (Å²) in [5.41, 5.74) is 3.86. The first-order valence-electron chi connectivity index (χ1n) is 13.4. The molecule has 1 aliphatic rings. The van der Waals surface area contributed by atoms with Gasteiger partial charge in [0.15, 0.2) is 5.78 Å². The lowest BCUT2D eigenvalue weighted by Gasteiger charge is -2.30. The second-order valence-electron chi connectivity index (χ2n) is 10.0.